The number of nitrogens with one attached hydrogen (secondary N) is 3. The van der Waals surface area contributed by atoms with E-state index in [9.17, 15) is 9.59 Å². The quantitative estimate of drug-likeness (QED) is 0.766. The van der Waals surface area contributed by atoms with Gasteiger partial charge in [0.25, 0.3) is 5.91 Å². The highest BCUT2D eigenvalue weighted by Gasteiger charge is 2.51. The Morgan fingerprint density at radius 1 is 0.962 bits per heavy atom. The molecule has 0 radical (unpaired) electrons. The molecule has 1 aromatic carbocycles. The molecule has 0 heterocycles. The van der Waals surface area contributed by atoms with Crippen molar-refractivity contribution in [3.05, 3.63) is 29.8 Å². The molecule has 4 aliphatic carbocycles. The number of rotatable bonds is 4. The van der Waals surface area contributed by atoms with Gasteiger partial charge in [-0.3, -0.25) is 4.79 Å². The van der Waals surface area contributed by atoms with Crippen LogP contribution in [0.2, 0.25) is 0 Å². The molecule has 5 heteroatoms. The molecule has 0 saturated heterocycles. The van der Waals surface area contributed by atoms with E-state index in [-0.39, 0.29) is 23.5 Å². The Labute approximate surface area is 155 Å². The van der Waals surface area contributed by atoms with Crippen molar-refractivity contribution in [2.75, 3.05) is 5.32 Å². The third-order valence-electron chi connectivity index (χ3n) is 6.24. The van der Waals surface area contributed by atoms with Gasteiger partial charge >= 0.3 is 6.03 Å². The molecule has 4 saturated carbocycles. The summed E-state index contributed by atoms with van der Waals surface area (Å²) in [5.41, 5.74) is 1.33. The Morgan fingerprint density at radius 3 is 2.00 bits per heavy atom. The molecule has 0 aromatic heterocycles. The minimum Gasteiger partial charge on any atom is -0.350 e. The molecule has 4 aliphatic rings. The first-order valence-electron chi connectivity index (χ1n) is 9.91. The summed E-state index contributed by atoms with van der Waals surface area (Å²) in [5, 5.41) is 9.12. The molecule has 5 rings (SSSR count). The van der Waals surface area contributed by atoms with Crippen molar-refractivity contribution in [2.24, 2.45) is 17.8 Å². The van der Waals surface area contributed by atoms with Crippen LogP contribution in [0.15, 0.2) is 24.3 Å². The molecule has 140 valence electrons. The van der Waals surface area contributed by atoms with E-state index < -0.39 is 0 Å². The van der Waals surface area contributed by atoms with Gasteiger partial charge < -0.3 is 16.0 Å². The SMILES string of the molecule is CC(C)NC(=O)c1ccc(NC(=O)NC23CC4CC(CC(C4)C2)C3)cc1. The summed E-state index contributed by atoms with van der Waals surface area (Å²) >= 11 is 0. The van der Waals surface area contributed by atoms with Crippen LogP contribution in [0.4, 0.5) is 10.5 Å². The normalized spacial score (nSPS) is 31.7. The first-order chi connectivity index (χ1) is 12.4. The van der Waals surface area contributed by atoms with Gasteiger partial charge in [-0.25, -0.2) is 4.79 Å². The van der Waals surface area contributed by atoms with Gasteiger partial charge in [0.1, 0.15) is 0 Å². The highest BCUT2D eigenvalue weighted by molar-refractivity contribution is 5.95. The van der Waals surface area contributed by atoms with E-state index in [2.05, 4.69) is 16.0 Å². The van der Waals surface area contributed by atoms with Crippen LogP contribution in [-0.4, -0.2) is 23.5 Å². The Bertz CT molecular complexity index is 660. The van der Waals surface area contributed by atoms with E-state index in [4.69, 9.17) is 0 Å². The summed E-state index contributed by atoms with van der Waals surface area (Å²) in [7, 11) is 0. The van der Waals surface area contributed by atoms with E-state index in [0.717, 1.165) is 37.0 Å². The number of benzene rings is 1. The summed E-state index contributed by atoms with van der Waals surface area (Å²) in [4.78, 5) is 24.6. The van der Waals surface area contributed by atoms with E-state index in [1.54, 1.807) is 24.3 Å². The van der Waals surface area contributed by atoms with Crippen molar-refractivity contribution in [3.8, 4) is 0 Å². The molecular weight excluding hydrogens is 326 g/mol. The lowest BCUT2D eigenvalue weighted by Crippen LogP contribution is -2.60. The Kier molecular flexibility index (Phi) is 4.41. The van der Waals surface area contributed by atoms with E-state index >= 15 is 0 Å². The van der Waals surface area contributed by atoms with Crippen LogP contribution < -0.4 is 16.0 Å². The maximum Gasteiger partial charge on any atom is 0.319 e. The molecule has 0 unspecified atom stereocenters. The second-order valence-corrected chi connectivity index (χ2v) is 8.98. The number of urea groups is 1. The molecular formula is C21H29N3O2. The topological polar surface area (TPSA) is 70.2 Å². The van der Waals surface area contributed by atoms with Crippen LogP contribution in [0.1, 0.15) is 62.7 Å². The van der Waals surface area contributed by atoms with Crippen LogP contribution in [0, 0.1) is 17.8 Å². The number of hydrogen-bond acceptors (Lipinski definition) is 2. The molecule has 0 aliphatic heterocycles. The Balaban J connectivity index is 1.36. The second kappa shape index (κ2) is 6.60. The summed E-state index contributed by atoms with van der Waals surface area (Å²) in [6.07, 6.45) is 7.51. The van der Waals surface area contributed by atoms with E-state index in [1.165, 1.54) is 19.3 Å². The maximum atomic E-state index is 12.6. The van der Waals surface area contributed by atoms with Crippen LogP contribution in [-0.2, 0) is 0 Å². The van der Waals surface area contributed by atoms with Gasteiger partial charge in [-0.15, -0.1) is 0 Å². The van der Waals surface area contributed by atoms with E-state index in [1.807, 2.05) is 13.8 Å². The highest BCUT2D eigenvalue weighted by atomic mass is 16.2. The zero-order chi connectivity index (χ0) is 18.3. The zero-order valence-corrected chi connectivity index (χ0v) is 15.7. The van der Waals surface area contributed by atoms with E-state index in [0.29, 0.717) is 11.3 Å². The lowest BCUT2D eigenvalue weighted by molar-refractivity contribution is -0.0127. The predicted molar refractivity (Wildman–Crippen MR) is 102 cm³/mol. The number of anilines is 1. The fourth-order valence-electron chi connectivity index (χ4n) is 5.72. The Morgan fingerprint density at radius 2 is 1.50 bits per heavy atom. The van der Waals surface area contributed by atoms with Gasteiger partial charge in [0.15, 0.2) is 0 Å². The highest BCUT2D eigenvalue weighted by Crippen LogP contribution is 2.55. The van der Waals surface area contributed by atoms with Gasteiger partial charge in [0, 0.05) is 22.8 Å². The van der Waals surface area contributed by atoms with Crippen molar-refractivity contribution < 1.29 is 9.59 Å². The predicted octanol–water partition coefficient (Wildman–Crippen LogP) is 3.92. The molecule has 1 aromatic rings. The lowest BCUT2D eigenvalue weighted by atomic mass is 9.53. The summed E-state index contributed by atoms with van der Waals surface area (Å²) in [5.74, 6) is 2.32. The average molecular weight is 355 g/mol. The minimum atomic E-state index is -0.119. The van der Waals surface area contributed by atoms with Crippen LogP contribution in [0.3, 0.4) is 0 Å². The number of amides is 3. The third-order valence-corrected chi connectivity index (χ3v) is 6.24. The van der Waals surface area contributed by atoms with Crippen molar-refractivity contribution in [2.45, 2.75) is 64.0 Å². The standard InChI is InChI=1S/C21H29N3O2/c1-13(2)22-19(25)17-3-5-18(6-4-17)23-20(26)24-21-10-14-7-15(11-21)9-16(8-14)12-21/h3-6,13-16H,7-12H2,1-2H3,(H,22,25)(H2,23,24,26). The second-order valence-electron chi connectivity index (χ2n) is 8.98. The molecule has 0 spiro atoms. The molecule has 5 nitrogen and oxygen atoms in total. The van der Waals surface area contributed by atoms with Crippen molar-refractivity contribution in [1.82, 2.24) is 10.6 Å². The monoisotopic (exact) mass is 355 g/mol. The summed E-state index contributed by atoms with van der Waals surface area (Å²) in [6.45, 7) is 3.87. The fraction of sp³-hybridized carbons (Fsp3) is 0.619. The number of hydrogen-bond donors (Lipinski definition) is 3. The van der Waals surface area contributed by atoms with Gasteiger partial charge in [-0.1, -0.05) is 0 Å². The minimum absolute atomic E-state index is 0.00985. The van der Waals surface area contributed by atoms with Gasteiger partial charge in [-0.2, -0.15) is 0 Å². The van der Waals surface area contributed by atoms with Crippen molar-refractivity contribution in [1.29, 1.82) is 0 Å². The molecule has 3 N–H and O–H groups in total. The first-order valence-corrected chi connectivity index (χ1v) is 9.91. The fourth-order valence-corrected chi connectivity index (χ4v) is 5.72. The zero-order valence-electron chi connectivity index (χ0n) is 15.7. The lowest BCUT2D eigenvalue weighted by Gasteiger charge is -2.56. The largest absolute Gasteiger partial charge is 0.350 e. The van der Waals surface area contributed by atoms with Gasteiger partial charge in [0.2, 0.25) is 0 Å². The molecule has 3 amide bonds. The average Bonchev–Trinajstić information content (AvgIpc) is 2.52. The first kappa shape index (κ1) is 17.4. The van der Waals surface area contributed by atoms with Gasteiger partial charge in [-0.05, 0) is 94.4 Å². The number of carbonyl (C=O) groups is 2. The summed E-state index contributed by atoms with van der Waals surface area (Å²) in [6, 6.07) is 7.05. The Hall–Kier alpha value is -2.04. The molecule has 0 atom stereocenters. The maximum absolute atomic E-state index is 12.6. The molecule has 4 fully saturated rings. The molecule has 4 bridgehead atoms. The third kappa shape index (κ3) is 3.57. The number of carbonyl (C=O) groups excluding carboxylic acids is 2. The van der Waals surface area contributed by atoms with Crippen LogP contribution in [0.25, 0.3) is 0 Å². The summed E-state index contributed by atoms with van der Waals surface area (Å²) < 4.78 is 0. The van der Waals surface area contributed by atoms with Crippen molar-refractivity contribution in [3.63, 3.8) is 0 Å². The van der Waals surface area contributed by atoms with Crippen LogP contribution >= 0.6 is 0 Å². The van der Waals surface area contributed by atoms with Crippen LogP contribution in [0.5, 0.6) is 0 Å². The van der Waals surface area contributed by atoms with Gasteiger partial charge in [0.05, 0.1) is 0 Å². The van der Waals surface area contributed by atoms with Crippen molar-refractivity contribution >= 4 is 17.6 Å². The smallest absolute Gasteiger partial charge is 0.319 e. The molecule has 26 heavy (non-hydrogen) atoms.